The second-order valence-electron chi connectivity index (χ2n) is 12.8. The molecule has 0 aliphatic carbocycles. The van der Waals surface area contributed by atoms with E-state index in [1.165, 1.54) is 6.07 Å². The number of halogens is 1. The zero-order valence-electron chi connectivity index (χ0n) is 28.6. The lowest BCUT2D eigenvalue weighted by atomic mass is 9.96. The molecule has 4 heterocycles. The van der Waals surface area contributed by atoms with E-state index in [9.17, 15) is 4.79 Å². The Morgan fingerprint density at radius 2 is 1.80 bits per heavy atom. The molecule has 0 bridgehead atoms. The van der Waals surface area contributed by atoms with Gasteiger partial charge in [0.2, 0.25) is 11.8 Å². The molecule has 260 valence electrons. The van der Waals surface area contributed by atoms with Crippen molar-refractivity contribution >= 4 is 39.8 Å². The summed E-state index contributed by atoms with van der Waals surface area (Å²) in [6.45, 7) is 7.72. The van der Waals surface area contributed by atoms with E-state index in [4.69, 9.17) is 14.5 Å². The number of nitrogens with zero attached hydrogens (tertiary/aromatic N) is 5. The lowest BCUT2D eigenvalue weighted by Gasteiger charge is -2.36. The number of hydrogen-bond donors (Lipinski definition) is 2. The minimum Gasteiger partial charge on any atom is -0.445 e. The molecule has 2 atom stereocenters. The number of nitrogens with one attached hydrogen (secondary N) is 2. The second kappa shape index (κ2) is 15.1. The van der Waals surface area contributed by atoms with Gasteiger partial charge in [-0.3, -0.25) is 0 Å². The normalized spacial score (nSPS) is 15.8. The Morgan fingerprint density at radius 1 is 0.961 bits per heavy atom. The van der Waals surface area contributed by atoms with Gasteiger partial charge in [-0.15, -0.1) is 11.3 Å². The van der Waals surface area contributed by atoms with Crippen molar-refractivity contribution in [2.24, 2.45) is 5.92 Å². The van der Waals surface area contributed by atoms with Gasteiger partial charge in [0.15, 0.2) is 0 Å². The van der Waals surface area contributed by atoms with Crippen molar-refractivity contribution in [3.05, 3.63) is 118 Å². The van der Waals surface area contributed by atoms with E-state index >= 15 is 4.39 Å². The van der Waals surface area contributed by atoms with E-state index in [-0.39, 0.29) is 30.5 Å². The molecule has 12 heteroatoms. The summed E-state index contributed by atoms with van der Waals surface area (Å²) in [6, 6.07) is 22.1. The first kappa shape index (κ1) is 33.9. The van der Waals surface area contributed by atoms with Crippen LogP contribution in [0.15, 0.2) is 90.6 Å². The topological polar surface area (TPSA) is 114 Å². The zero-order chi connectivity index (χ0) is 35.3. The molecular formula is C39H38FN7O3S. The number of hydrogen-bond acceptors (Lipinski definition) is 10. The molecule has 10 nitrogen and oxygen atoms in total. The fraction of sp³-hybridized carbons (Fsp3) is 0.256. The highest BCUT2D eigenvalue weighted by Gasteiger charge is 2.29. The highest BCUT2D eigenvalue weighted by Crippen LogP contribution is 2.39. The van der Waals surface area contributed by atoms with Crippen LogP contribution in [0.5, 0.6) is 11.6 Å². The van der Waals surface area contributed by atoms with E-state index in [0.717, 1.165) is 33.6 Å². The molecule has 0 radical (unpaired) electrons. The molecule has 1 aliphatic rings. The van der Waals surface area contributed by atoms with Crippen molar-refractivity contribution in [1.82, 2.24) is 24.8 Å². The first-order chi connectivity index (χ1) is 24.8. The van der Waals surface area contributed by atoms with Crippen LogP contribution in [0.2, 0.25) is 0 Å². The maximum atomic E-state index is 15.2. The number of ether oxygens (including phenoxy) is 2. The van der Waals surface area contributed by atoms with Gasteiger partial charge >= 0.3 is 6.09 Å². The molecular weight excluding hydrogens is 666 g/mol. The number of rotatable bonds is 10. The average Bonchev–Trinajstić information content (AvgIpc) is 3.56. The number of likely N-dealkylation sites (tertiary alicyclic amines) is 1. The average molecular weight is 704 g/mol. The number of aromatic nitrogens is 4. The van der Waals surface area contributed by atoms with Crippen LogP contribution in [-0.2, 0) is 17.9 Å². The number of benzene rings is 3. The van der Waals surface area contributed by atoms with Crippen molar-refractivity contribution in [3.63, 3.8) is 0 Å². The number of carbonyl (C=O) groups excluding carboxylic acids is 1. The van der Waals surface area contributed by atoms with Gasteiger partial charge in [-0.1, -0.05) is 49.4 Å². The van der Waals surface area contributed by atoms with Gasteiger partial charge in [0, 0.05) is 47.7 Å². The first-order valence-corrected chi connectivity index (χ1v) is 17.7. The molecule has 0 spiro atoms. The van der Waals surface area contributed by atoms with Gasteiger partial charge in [-0.25, -0.2) is 29.1 Å². The molecule has 51 heavy (non-hydrogen) atoms. The van der Waals surface area contributed by atoms with Gasteiger partial charge in [-0.2, -0.15) is 0 Å². The minimum atomic E-state index is -0.358. The van der Waals surface area contributed by atoms with Crippen LogP contribution in [0.25, 0.3) is 22.0 Å². The number of fused-ring (bicyclic) bond motifs is 1. The number of aryl methyl sites for hydroxylation is 2. The van der Waals surface area contributed by atoms with E-state index in [1.54, 1.807) is 40.8 Å². The van der Waals surface area contributed by atoms with Gasteiger partial charge in [0.05, 0.1) is 34.2 Å². The summed E-state index contributed by atoms with van der Waals surface area (Å²) in [6.07, 6.45) is 3.86. The maximum Gasteiger partial charge on any atom is 0.410 e. The van der Waals surface area contributed by atoms with Crippen LogP contribution < -0.4 is 15.4 Å². The predicted octanol–water partition coefficient (Wildman–Crippen LogP) is 8.77. The largest absolute Gasteiger partial charge is 0.445 e. The molecule has 6 aromatic rings. The molecule has 0 unspecified atom stereocenters. The van der Waals surface area contributed by atoms with Crippen LogP contribution >= 0.6 is 11.3 Å². The third-order valence-electron chi connectivity index (χ3n) is 8.77. The Hall–Kier alpha value is -5.62. The molecule has 1 saturated heterocycles. The molecule has 1 amide bonds. The molecule has 1 aliphatic heterocycles. The number of piperidine rings is 1. The lowest BCUT2D eigenvalue weighted by Crippen LogP contribution is -2.48. The van der Waals surface area contributed by atoms with Gasteiger partial charge < -0.3 is 25.0 Å². The Balaban J connectivity index is 1.09. The summed E-state index contributed by atoms with van der Waals surface area (Å²) in [5.74, 6) is 1.26. The fourth-order valence-electron chi connectivity index (χ4n) is 6.38. The van der Waals surface area contributed by atoms with E-state index in [2.05, 4.69) is 32.5 Å². The summed E-state index contributed by atoms with van der Waals surface area (Å²) in [5, 5.41) is 11.0. The van der Waals surface area contributed by atoms with Gasteiger partial charge in [0.1, 0.15) is 18.2 Å². The van der Waals surface area contributed by atoms with Crippen molar-refractivity contribution in [2.75, 3.05) is 23.7 Å². The maximum absolute atomic E-state index is 15.2. The van der Waals surface area contributed by atoms with Crippen LogP contribution in [0.4, 0.5) is 20.8 Å². The lowest BCUT2D eigenvalue weighted by molar-refractivity contribution is 0.0783. The van der Waals surface area contributed by atoms with Gasteiger partial charge in [0.25, 0.3) is 0 Å². The SMILES string of the molecule is Cc1nc(CNc2c(F)ccc3c(Oc4ncccc4-c4ccnc(N[C@H]5C[C@@H](C)CN(C(=O)OCc6ccccc6)C5)n4)c(C)ccc23)cs1. The molecule has 0 saturated carbocycles. The van der Waals surface area contributed by atoms with Crippen molar-refractivity contribution < 1.29 is 18.7 Å². The fourth-order valence-corrected chi connectivity index (χ4v) is 7.00. The Labute approximate surface area is 299 Å². The van der Waals surface area contributed by atoms with Crippen LogP contribution in [0.3, 0.4) is 0 Å². The summed E-state index contributed by atoms with van der Waals surface area (Å²) < 4.78 is 27.4. The molecule has 7 rings (SSSR count). The third kappa shape index (κ3) is 7.91. The standard InChI is InChI=1S/C39H38FN7O3S/c1-24-18-28(21-47(20-24)39(48)49-22-27-8-5-4-6-9-27)45-38-42-17-15-34(46-38)32-10-7-16-41-37(32)50-36-25(2)11-12-30-31(36)13-14-33(40)35(30)43-19-29-23-51-26(3)44-29/h4-17,23-24,28,43H,18-22H2,1-3H3,(H,42,45,46)/t24-,28+/m1/s1. The summed E-state index contributed by atoms with van der Waals surface area (Å²) >= 11 is 1.56. The highest BCUT2D eigenvalue weighted by molar-refractivity contribution is 7.09. The van der Waals surface area contributed by atoms with E-state index < -0.39 is 0 Å². The number of pyridine rings is 1. The zero-order valence-corrected chi connectivity index (χ0v) is 29.4. The van der Waals surface area contributed by atoms with Crippen molar-refractivity contribution in [2.45, 2.75) is 46.4 Å². The number of amides is 1. The molecule has 1 fully saturated rings. The Kier molecular flexibility index (Phi) is 10.0. The van der Waals surface area contributed by atoms with Crippen LogP contribution in [0.1, 0.15) is 35.2 Å². The predicted molar refractivity (Wildman–Crippen MR) is 198 cm³/mol. The Morgan fingerprint density at radius 3 is 2.63 bits per heavy atom. The number of anilines is 2. The van der Waals surface area contributed by atoms with E-state index in [0.29, 0.717) is 59.5 Å². The summed E-state index contributed by atoms with van der Waals surface area (Å²) in [7, 11) is 0. The van der Waals surface area contributed by atoms with Gasteiger partial charge in [-0.05, 0) is 67.6 Å². The monoisotopic (exact) mass is 703 g/mol. The van der Waals surface area contributed by atoms with Crippen molar-refractivity contribution in [1.29, 1.82) is 0 Å². The smallest absolute Gasteiger partial charge is 0.410 e. The quantitative estimate of drug-likeness (QED) is 0.145. The van der Waals surface area contributed by atoms with Crippen LogP contribution in [-0.4, -0.2) is 50.1 Å². The summed E-state index contributed by atoms with van der Waals surface area (Å²) in [5.41, 5.74) is 4.33. The highest BCUT2D eigenvalue weighted by atomic mass is 32.1. The summed E-state index contributed by atoms with van der Waals surface area (Å²) in [4.78, 5) is 33.1. The minimum absolute atomic E-state index is 0.0704. The van der Waals surface area contributed by atoms with Crippen LogP contribution in [0, 0.1) is 25.6 Å². The first-order valence-electron chi connectivity index (χ1n) is 16.9. The second-order valence-corrected chi connectivity index (χ2v) is 13.9. The Bertz CT molecular complexity index is 2160. The van der Waals surface area contributed by atoms with E-state index in [1.807, 2.05) is 73.8 Å². The molecule has 3 aromatic carbocycles. The van der Waals surface area contributed by atoms with Crippen molar-refractivity contribution in [3.8, 4) is 22.9 Å². The molecule has 2 N–H and O–H groups in total. The molecule has 3 aromatic heterocycles. The third-order valence-corrected chi connectivity index (χ3v) is 9.59. The number of carbonyl (C=O) groups is 1. The number of thiazole rings is 1.